The molecule has 5 aromatic rings. The van der Waals surface area contributed by atoms with Gasteiger partial charge in [0.05, 0.1) is 27.7 Å². The molecule has 0 unspecified atom stereocenters. The summed E-state index contributed by atoms with van der Waals surface area (Å²) in [5, 5.41) is 0.392. The molecule has 0 amide bonds. The highest BCUT2D eigenvalue weighted by Gasteiger charge is 2.14. The van der Waals surface area contributed by atoms with Gasteiger partial charge in [-0.2, -0.15) is 0 Å². The van der Waals surface area contributed by atoms with Crippen LogP contribution in [0.25, 0.3) is 22.1 Å². The van der Waals surface area contributed by atoms with E-state index in [0.717, 1.165) is 34.3 Å². The minimum atomic E-state index is -0.112. The zero-order chi connectivity index (χ0) is 25.2. The first-order chi connectivity index (χ1) is 17.5. The van der Waals surface area contributed by atoms with Gasteiger partial charge in [-0.05, 0) is 72.5 Å². The van der Waals surface area contributed by atoms with Crippen LogP contribution in [0.3, 0.4) is 0 Å². The monoisotopic (exact) mass is 520 g/mol. The van der Waals surface area contributed by atoms with E-state index < -0.39 is 0 Å². The number of para-hydroxylation sites is 2. The molecule has 0 radical (unpaired) electrons. The molecule has 36 heavy (non-hydrogen) atoms. The molecule has 0 aliphatic carbocycles. The Kier molecular flexibility index (Phi) is 6.85. The summed E-state index contributed by atoms with van der Waals surface area (Å²) >= 11 is 7.89. The van der Waals surface area contributed by atoms with E-state index in [2.05, 4.69) is 24.9 Å². The summed E-state index contributed by atoms with van der Waals surface area (Å²) in [5.74, 6) is 1.74. The Hall–Kier alpha value is -3.55. The molecule has 0 fully saturated rings. The van der Waals surface area contributed by atoms with E-state index in [9.17, 15) is 4.79 Å². The van der Waals surface area contributed by atoms with Crippen molar-refractivity contribution < 1.29 is 14.2 Å². The van der Waals surface area contributed by atoms with Crippen molar-refractivity contribution in [2.75, 3.05) is 20.3 Å². The van der Waals surface area contributed by atoms with E-state index >= 15 is 0 Å². The highest BCUT2D eigenvalue weighted by molar-refractivity contribution is 7.15. The van der Waals surface area contributed by atoms with Crippen molar-refractivity contribution in [1.29, 1.82) is 0 Å². The summed E-state index contributed by atoms with van der Waals surface area (Å²) in [6.45, 7) is 4.84. The number of fused-ring (bicyclic) bond motifs is 3. The Bertz CT molecular complexity index is 1680. The smallest absolute Gasteiger partial charge is 0.274 e. The predicted octanol–water partition coefficient (Wildman–Crippen LogP) is 5.45. The third-order valence-electron chi connectivity index (χ3n) is 5.81. The van der Waals surface area contributed by atoms with E-state index in [1.165, 1.54) is 16.9 Å². The molecule has 0 saturated heterocycles. The predicted molar refractivity (Wildman–Crippen MR) is 145 cm³/mol. The second kappa shape index (κ2) is 10.2. The number of thiazole rings is 1. The minimum Gasteiger partial charge on any atom is -0.493 e. The van der Waals surface area contributed by atoms with Crippen molar-refractivity contribution >= 4 is 45.0 Å². The second-order valence-corrected chi connectivity index (χ2v) is 9.79. The van der Waals surface area contributed by atoms with Crippen LogP contribution in [0.4, 0.5) is 0 Å². The van der Waals surface area contributed by atoms with Crippen LogP contribution < -0.4 is 24.3 Å². The lowest BCUT2D eigenvalue weighted by Gasteiger charge is -2.14. The molecule has 6 nitrogen and oxygen atoms in total. The maximum atomic E-state index is 13.1. The van der Waals surface area contributed by atoms with E-state index in [-0.39, 0.29) is 5.56 Å². The van der Waals surface area contributed by atoms with E-state index in [4.69, 9.17) is 25.8 Å². The van der Waals surface area contributed by atoms with Crippen LogP contribution in [-0.2, 0) is 6.42 Å². The standard InChI is InChI=1S/C28H25ClN2O4S/c1-4-18-11-17(2)12-20(13-18)34-9-10-35-26-21(29)14-19(15-24(26)33-3)16-25-27(32)31-23-8-6-5-7-22(23)30-28(31)36-25/h5-8,11-16H,4,9-10H2,1-3H3/b25-16-. The average molecular weight is 521 g/mol. The molecular formula is C28H25ClN2O4S. The van der Waals surface area contributed by atoms with Crippen LogP contribution in [0.1, 0.15) is 23.6 Å². The number of methoxy groups -OCH3 is 1. The molecule has 3 aromatic carbocycles. The minimum absolute atomic E-state index is 0.112. The summed E-state index contributed by atoms with van der Waals surface area (Å²) in [7, 11) is 1.56. The Morgan fingerprint density at radius 1 is 1.08 bits per heavy atom. The van der Waals surface area contributed by atoms with Crippen LogP contribution in [0, 0.1) is 6.92 Å². The van der Waals surface area contributed by atoms with Crippen LogP contribution in [0.2, 0.25) is 5.02 Å². The number of benzene rings is 3. The first kappa shape index (κ1) is 24.2. The SMILES string of the molecule is CCc1cc(C)cc(OCCOc2c(Cl)cc(/C=c3\sc4nc5ccccc5n4c3=O)cc2OC)c1. The molecule has 0 N–H and O–H groups in total. The molecule has 0 saturated carbocycles. The van der Waals surface area contributed by atoms with Gasteiger partial charge in [0, 0.05) is 0 Å². The lowest BCUT2D eigenvalue weighted by Crippen LogP contribution is -2.22. The first-order valence-corrected chi connectivity index (χ1v) is 12.8. The number of halogens is 1. The topological polar surface area (TPSA) is 62.1 Å². The fraction of sp³-hybridized carbons (Fsp3) is 0.214. The lowest BCUT2D eigenvalue weighted by molar-refractivity contribution is 0.211. The second-order valence-electron chi connectivity index (χ2n) is 8.37. The molecule has 0 spiro atoms. The number of aromatic nitrogens is 2. The van der Waals surface area contributed by atoms with Crippen molar-refractivity contribution in [3.8, 4) is 17.2 Å². The zero-order valence-corrected chi connectivity index (χ0v) is 21.8. The summed E-state index contributed by atoms with van der Waals surface area (Å²) in [6, 6.07) is 17.4. The quantitative estimate of drug-likeness (QED) is 0.255. The molecule has 5 rings (SSSR count). The van der Waals surface area contributed by atoms with E-state index in [1.54, 1.807) is 29.7 Å². The molecule has 2 aromatic heterocycles. The number of nitrogens with zero attached hydrogens (tertiary/aromatic N) is 2. The van der Waals surface area contributed by atoms with Gasteiger partial charge in [-0.15, -0.1) is 0 Å². The van der Waals surface area contributed by atoms with Crippen molar-refractivity contribution in [2.45, 2.75) is 20.3 Å². The molecule has 0 bridgehead atoms. The fourth-order valence-electron chi connectivity index (χ4n) is 4.14. The van der Waals surface area contributed by atoms with Gasteiger partial charge < -0.3 is 14.2 Å². The van der Waals surface area contributed by atoms with Crippen LogP contribution in [0.15, 0.2) is 59.4 Å². The molecule has 0 atom stereocenters. The van der Waals surface area contributed by atoms with Crippen LogP contribution >= 0.6 is 22.9 Å². The van der Waals surface area contributed by atoms with Crippen molar-refractivity contribution in [3.05, 3.63) is 91.2 Å². The van der Waals surface area contributed by atoms with Crippen LogP contribution in [-0.4, -0.2) is 29.7 Å². The number of imidazole rings is 1. The summed E-state index contributed by atoms with van der Waals surface area (Å²) in [6.07, 6.45) is 2.74. The van der Waals surface area contributed by atoms with Crippen molar-refractivity contribution in [1.82, 2.24) is 9.38 Å². The van der Waals surface area contributed by atoms with Gasteiger partial charge in [0.1, 0.15) is 19.0 Å². The largest absolute Gasteiger partial charge is 0.493 e. The molecule has 2 heterocycles. The Morgan fingerprint density at radius 3 is 2.69 bits per heavy atom. The number of hydrogen-bond acceptors (Lipinski definition) is 6. The number of ether oxygens (including phenoxy) is 3. The number of rotatable bonds is 8. The summed E-state index contributed by atoms with van der Waals surface area (Å²) in [4.78, 5) is 18.3. The molecular weight excluding hydrogens is 496 g/mol. The van der Waals surface area contributed by atoms with Gasteiger partial charge in [0.15, 0.2) is 16.5 Å². The van der Waals surface area contributed by atoms with Gasteiger partial charge in [-0.1, -0.05) is 48.1 Å². The van der Waals surface area contributed by atoms with E-state index in [0.29, 0.717) is 39.2 Å². The zero-order valence-electron chi connectivity index (χ0n) is 20.2. The maximum Gasteiger partial charge on any atom is 0.274 e. The van der Waals surface area contributed by atoms with Gasteiger partial charge >= 0.3 is 0 Å². The number of hydrogen-bond donors (Lipinski definition) is 0. The third-order valence-corrected chi connectivity index (χ3v) is 7.06. The van der Waals surface area contributed by atoms with Gasteiger partial charge in [0.25, 0.3) is 5.56 Å². The van der Waals surface area contributed by atoms with Gasteiger partial charge in [-0.3, -0.25) is 4.79 Å². The Balaban J connectivity index is 1.35. The summed E-state index contributed by atoms with van der Waals surface area (Å²) < 4.78 is 19.5. The average Bonchev–Trinajstić information content (AvgIpc) is 3.38. The van der Waals surface area contributed by atoms with Gasteiger partial charge in [-0.25, -0.2) is 9.38 Å². The molecule has 0 aliphatic heterocycles. The summed E-state index contributed by atoms with van der Waals surface area (Å²) in [5.41, 5.74) is 4.62. The fourth-order valence-corrected chi connectivity index (χ4v) is 5.40. The normalized spacial score (nSPS) is 11.9. The van der Waals surface area contributed by atoms with Crippen molar-refractivity contribution in [3.63, 3.8) is 0 Å². The van der Waals surface area contributed by atoms with Crippen LogP contribution in [0.5, 0.6) is 17.2 Å². The molecule has 184 valence electrons. The van der Waals surface area contributed by atoms with Crippen molar-refractivity contribution in [2.24, 2.45) is 0 Å². The third kappa shape index (κ3) is 4.76. The first-order valence-electron chi connectivity index (χ1n) is 11.6. The molecule has 8 heteroatoms. The highest BCUT2D eigenvalue weighted by atomic mass is 35.5. The highest BCUT2D eigenvalue weighted by Crippen LogP contribution is 2.36. The maximum absolute atomic E-state index is 13.1. The molecule has 0 aliphatic rings. The van der Waals surface area contributed by atoms with Gasteiger partial charge in [0.2, 0.25) is 0 Å². The lowest BCUT2D eigenvalue weighted by atomic mass is 10.1. The Morgan fingerprint density at radius 2 is 1.89 bits per heavy atom. The Labute approximate surface area is 217 Å². The van der Waals surface area contributed by atoms with E-state index in [1.807, 2.05) is 36.4 Å². The number of aryl methyl sites for hydroxylation is 2.